The number of carbonyl (C=O) groups is 2. The van der Waals surface area contributed by atoms with Crippen LogP contribution < -0.4 is 0 Å². The number of aliphatic carboxylic acids is 1. The van der Waals surface area contributed by atoms with Crippen LogP contribution in [0.3, 0.4) is 0 Å². The number of hydrogen-bond donors (Lipinski definition) is 1. The second-order valence-corrected chi connectivity index (χ2v) is 4.12. The summed E-state index contributed by atoms with van der Waals surface area (Å²) in [5, 5.41) is 9.06. The highest BCUT2D eigenvalue weighted by Gasteiger charge is 2.34. The molecular formula is C11H14N2O4. The number of carbonyl (C=O) groups excluding carboxylic acids is 1. The van der Waals surface area contributed by atoms with Crippen LogP contribution in [0.5, 0.6) is 0 Å². The Kier molecular flexibility index (Phi) is 3.12. The zero-order valence-electron chi connectivity index (χ0n) is 9.55. The van der Waals surface area contributed by atoms with E-state index >= 15 is 0 Å². The lowest BCUT2D eigenvalue weighted by Crippen LogP contribution is -2.48. The Labute approximate surface area is 98.2 Å². The Bertz CT molecular complexity index is 440. The fourth-order valence-corrected chi connectivity index (χ4v) is 2.01. The Morgan fingerprint density at radius 2 is 2.29 bits per heavy atom. The summed E-state index contributed by atoms with van der Waals surface area (Å²) >= 11 is 0. The average molecular weight is 238 g/mol. The van der Waals surface area contributed by atoms with E-state index in [4.69, 9.17) is 9.52 Å². The molecule has 2 heterocycles. The van der Waals surface area contributed by atoms with E-state index in [9.17, 15) is 9.59 Å². The monoisotopic (exact) mass is 238 g/mol. The first-order valence-electron chi connectivity index (χ1n) is 5.56. The van der Waals surface area contributed by atoms with E-state index in [2.05, 4.69) is 4.98 Å². The van der Waals surface area contributed by atoms with Gasteiger partial charge in [0.2, 0.25) is 0 Å². The van der Waals surface area contributed by atoms with Crippen LogP contribution in [0, 0.1) is 6.92 Å². The highest BCUT2D eigenvalue weighted by molar-refractivity contribution is 5.93. The Balaban J connectivity index is 2.19. The highest BCUT2D eigenvalue weighted by Crippen LogP contribution is 2.19. The van der Waals surface area contributed by atoms with E-state index in [-0.39, 0.29) is 5.89 Å². The summed E-state index contributed by atoms with van der Waals surface area (Å²) in [6, 6.07) is -0.761. The molecule has 1 aromatic rings. The topological polar surface area (TPSA) is 83.6 Å². The zero-order chi connectivity index (χ0) is 12.4. The van der Waals surface area contributed by atoms with Crippen molar-refractivity contribution >= 4 is 11.9 Å². The summed E-state index contributed by atoms with van der Waals surface area (Å²) in [5.74, 6) is -0.903. The summed E-state index contributed by atoms with van der Waals surface area (Å²) in [4.78, 5) is 28.3. The number of amides is 1. The number of nitrogens with zero attached hydrogens (tertiary/aromatic N) is 2. The van der Waals surface area contributed by atoms with Crippen LogP contribution in [0.1, 0.15) is 35.7 Å². The van der Waals surface area contributed by atoms with Crippen molar-refractivity contribution in [3.8, 4) is 0 Å². The lowest BCUT2D eigenvalue weighted by Gasteiger charge is -2.31. The fourth-order valence-electron chi connectivity index (χ4n) is 2.01. The minimum Gasteiger partial charge on any atom is -0.480 e. The van der Waals surface area contributed by atoms with Crippen LogP contribution in [0.25, 0.3) is 0 Å². The van der Waals surface area contributed by atoms with Crippen LogP contribution in [0.2, 0.25) is 0 Å². The van der Waals surface area contributed by atoms with Crippen LogP contribution in [-0.4, -0.2) is 39.5 Å². The minimum absolute atomic E-state index is 0.0318. The molecule has 1 N–H and O–H groups in total. The molecule has 2 rings (SSSR count). The van der Waals surface area contributed by atoms with Crippen molar-refractivity contribution in [2.45, 2.75) is 32.2 Å². The predicted molar refractivity (Wildman–Crippen MR) is 57.6 cm³/mol. The molecule has 0 radical (unpaired) electrons. The van der Waals surface area contributed by atoms with Gasteiger partial charge < -0.3 is 14.4 Å². The Morgan fingerprint density at radius 3 is 2.88 bits per heavy atom. The maximum atomic E-state index is 12.0. The van der Waals surface area contributed by atoms with Gasteiger partial charge in [-0.2, -0.15) is 0 Å². The van der Waals surface area contributed by atoms with Crippen molar-refractivity contribution < 1.29 is 19.1 Å². The van der Waals surface area contributed by atoms with Gasteiger partial charge in [-0.1, -0.05) is 0 Å². The van der Waals surface area contributed by atoms with Gasteiger partial charge in [0.1, 0.15) is 11.8 Å². The first kappa shape index (κ1) is 11.6. The molecule has 1 fully saturated rings. The molecule has 0 saturated carbocycles. The van der Waals surface area contributed by atoms with Gasteiger partial charge in [-0.05, 0) is 26.2 Å². The number of carboxylic acid groups (broad SMARTS) is 1. The maximum Gasteiger partial charge on any atom is 0.326 e. The van der Waals surface area contributed by atoms with Gasteiger partial charge >= 0.3 is 11.9 Å². The summed E-state index contributed by atoms with van der Waals surface area (Å²) in [6.45, 7) is 2.13. The smallest absolute Gasteiger partial charge is 0.326 e. The van der Waals surface area contributed by atoms with Gasteiger partial charge in [0.05, 0.1) is 6.20 Å². The quantitative estimate of drug-likeness (QED) is 0.832. The van der Waals surface area contributed by atoms with Gasteiger partial charge in [-0.3, -0.25) is 4.79 Å². The molecule has 6 nitrogen and oxygen atoms in total. The van der Waals surface area contributed by atoms with Gasteiger partial charge in [-0.15, -0.1) is 0 Å². The Morgan fingerprint density at radius 1 is 1.53 bits per heavy atom. The molecule has 92 valence electrons. The third-order valence-electron chi connectivity index (χ3n) is 2.85. The van der Waals surface area contributed by atoms with Gasteiger partial charge in [0, 0.05) is 6.54 Å². The van der Waals surface area contributed by atoms with Crippen molar-refractivity contribution in [2.24, 2.45) is 0 Å². The van der Waals surface area contributed by atoms with E-state index < -0.39 is 17.9 Å². The molecule has 1 unspecified atom stereocenters. The first-order valence-corrected chi connectivity index (χ1v) is 5.56. The third-order valence-corrected chi connectivity index (χ3v) is 2.85. The second-order valence-electron chi connectivity index (χ2n) is 4.12. The van der Waals surface area contributed by atoms with E-state index in [0.29, 0.717) is 18.7 Å². The number of hydrogen-bond acceptors (Lipinski definition) is 4. The van der Waals surface area contributed by atoms with E-state index in [1.54, 1.807) is 6.92 Å². The van der Waals surface area contributed by atoms with Crippen molar-refractivity contribution in [2.75, 3.05) is 6.54 Å². The van der Waals surface area contributed by atoms with Gasteiger partial charge in [-0.25, -0.2) is 9.78 Å². The molecule has 6 heteroatoms. The number of carboxylic acids is 1. The molecule has 1 aliphatic heterocycles. The zero-order valence-corrected chi connectivity index (χ0v) is 9.55. The SMILES string of the molecule is Cc1cnc(C(=O)N2CCCCC2C(=O)O)o1. The van der Waals surface area contributed by atoms with Crippen LogP contribution in [-0.2, 0) is 4.79 Å². The van der Waals surface area contributed by atoms with Gasteiger partial charge in [0.25, 0.3) is 5.89 Å². The van der Waals surface area contributed by atoms with Crippen molar-refractivity contribution in [3.05, 3.63) is 17.8 Å². The summed E-state index contributed by atoms with van der Waals surface area (Å²) in [5.41, 5.74) is 0. The molecule has 0 spiro atoms. The number of aromatic nitrogens is 1. The normalized spacial score (nSPS) is 20.3. The standard InChI is InChI=1S/C11H14N2O4/c1-7-6-12-9(17-7)10(14)13-5-3-2-4-8(13)11(15)16/h6,8H,2-5H2,1H3,(H,15,16). The molecule has 0 bridgehead atoms. The molecule has 0 aromatic carbocycles. The van der Waals surface area contributed by atoms with Crippen molar-refractivity contribution in [1.29, 1.82) is 0 Å². The predicted octanol–water partition coefficient (Wildman–Crippen LogP) is 1.06. The largest absolute Gasteiger partial charge is 0.480 e. The first-order chi connectivity index (χ1) is 8.09. The van der Waals surface area contributed by atoms with Crippen LogP contribution >= 0.6 is 0 Å². The minimum atomic E-state index is -0.971. The lowest BCUT2D eigenvalue weighted by molar-refractivity contribution is -0.143. The molecular weight excluding hydrogens is 224 g/mol. The summed E-state index contributed by atoms with van der Waals surface area (Å²) < 4.78 is 5.13. The highest BCUT2D eigenvalue weighted by atomic mass is 16.4. The molecule has 17 heavy (non-hydrogen) atoms. The number of rotatable bonds is 2. The molecule has 1 amide bonds. The maximum absolute atomic E-state index is 12.0. The Hall–Kier alpha value is -1.85. The number of oxazole rings is 1. The average Bonchev–Trinajstić information content (AvgIpc) is 2.75. The van der Waals surface area contributed by atoms with E-state index in [0.717, 1.165) is 12.8 Å². The summed E-state index contributed by atoms with van der Waals surface area (Å²) in [6.07, 6.45) is 3.58. The van der Waals surface area contributed by atoms with Crippen LogP contribution in [0.15, 0.2) is 10.6 Å². The summed E-state index contributed by atoms with van der Waals surface area (Å²) in [7, 11) is 0. The van der Waals surface area contributed by atoms with E-state index in [1.807, 2.05) is 0 Å². The molecule has 1 atom stereocenters. The number of piperidine rings is 1. The van der Waals surface area contributed by atoms with Gasteiger partial charge in [0.15, 0.2) is 0 Å². The van der Waals surface area contributed by atoms with E-state index in [1.165, 1.54) is 11.1 Å². The molecule has 0 aliphatic carbocycles. The second kappa shape index (κ2) is 4.57. The fraction of sp³-hybridized carbons (Fsp3) is 0.545. The van der Waals surface area contributed by atoms with Crippen molar-refractivity contribution in [1.82, 2.24) is 9.88 Å². The molecule has 1 saturated heterocycles. The van der Waals surface area contributed by atoms with Crippen molar-refractivity contribution in [3.63, 3.8) is 0 Å². The van der Waals surface area contributed by atoms with Crippen LogP contribution in [0.4, 0.5) is 0 Å². The third kappa shape index (κ3) is 2.30. The molecule has 1 aliphatic rings. The lowest BCUT2D eigenvalue weighted by atomic mass is 10.0. The number of aryl methyl sites for hydroxylation is 1. The molecule has 1 aromatic heterocycles. The number of likely N-dealkylation sites (tertiary alicyclic amines) is 1.